The Morgan fingerprint density at radius 2 is 1.85 bits per heavy atom. The highest BCUT2D eigenvalue weighted by Crippen LogP contribution is 2.20. The molecule has 5 heteroatoms. The first-order valence-corrected chi connectivity index (χ1v) is 6.97. The molecule has 3 N–H and O–H groups in total. The van der Waals surface area contributed by atoms with Crippen molar-refractivity contribution in [2.75, 3.05) is 18.4 Å². The lowest BCUT2D eigenvalue weighted by Gasteiger charge is -2.34. The summed E-state index contributed by atoms with van der Waals surface area (Å²) in [6.45, 7) is 3.28. The number of rotatable bonds is 4. The van der Waals surface area contributed by atoms with Gasteiger partial charge in [0, 0.05) is 11.6 Å². The minimum absolute atomic E-state index is 0.00605. The molecule has 0 bridgehead atoms. The maximum absolute atomic E-state index is 12.2. The summed E-state index contributed by atoms with van der Waals surface area (Å²) >= 11 is 0. The number of carbonyl (C=O) groups is 2. The van der Waals surface area contributed by atoms with E-state index < -0.39 is 0 Å². The molecule has 1 aromatic rings. The van der Waals surface area contributed by atoms with Gasteiger partial charge in [-0.05, 0) is 45.0 Å². The normalized spacial score (nSPS) is 18.4. The van der Waals surface area contributed by atoms with Crippen LogP contribution in [-0.4, -0.2) is 35.8 Å². The average Bonchev–Trinajstić information content (AvgIpc) is 2.47. The Bertz CT molecular complexity index is 467. The third-order valence-corrected chi connectivity index (χ3v) is 3.90. The molecule has 0 saturated carbocycles. The van der Waals surface area contributed by atoms with E-state index in [-0.39, 0.29) is 23.8 Å². The van der Waals surface area contributed by atoms with Gasteiger partial charge in [-0.3, -0.25) is 14.5 Å². The van der Waals surface area contributed by atoms with Crippen molar-refractivity contribution in [3.63, 3.8) is 0 Å². The first kappa shape index (κ1) is 14.5. The van der Waals surface area contributed by atoms with Crippen LogP contribution in [0.25, 0.3) is 0 Å². The molecule has 1 atom stereocenters. The van der Waals surface area contributed by atoms with Gasteiger partial charge in [-0.25, -0.2) is 0 Å². The third kappa shape index (κ3) is 3.57. The van der Waals surface area contributed by atoms with Crippen molar-refractivity contribution in [3.8, 4) is 0 Å². The number of nitrogens with zero attached hydrogens (tertiary/aromatic N) is 1. The first-order valence-electron chi connectivity index (χ1n) is 6.97. The highest BCUT2D eigenvalue weighted by atomic mass is 16.2. The van der Waals surface area contributed by atoms with Crippen molar-refractivity contribution in [3.05, 3.63) is 30.3 Å². The molecule has 5 nitrogen and oxygen atoms in total. The van der Waals surface area contributed by atoms with Crippen molar-refractivity contribution < 1.29 is 9.59 Å². The molecular formula is C15H21N3O2. The fraction of sp³-hybridized carbons (Fsp3) is 0.467. The fourth-order valence-electron chi connectivity index (χ4n) is 2.49. The predicted octanol–water partition coefficient (Wildman–Crippen LogP) is 1.21. The number of likely N-dealkylation sites (tertiary alicyclic amines) is 1. The van der Waals surface area contributed by atoms with Gasteiger partial charge in [0.15, 0.2) is 0 Å². The largest absolute Gasteiger partial charge is 0.368 e. The minimum atomic E-state index is -0.308. The monoisotopic (exact) mass is 275 g/mol. The van der Waals surface area contributed by atoms with Gasteiger partial charge in [-0.15, -0.1) is 0 Å². The second-order valence-electron chi connectivity index (χ2n) is 5.24. The van der Waals surface area contributed by atoms with Crippen LogP contribution in [-0.2, 0) is 9.59 Å². The van der Waals surface area contributed by atoms with Crippen LogP contribution in [0.15, 0.2) is 30.3 Å². The number of nitrogens with two attached hydrogens (primary N) is 1. The van der Waals surface area contributed by atoms with Gasteiger partial charge in [0.05, 0.1) is 6.04 Å². The first-order chi connectivity index (χ1) is 9.58. The summed E-state index contributed by atoms with van der Waals surface area (Å²) in [5, 5.41) is 2.93. The van der Waals surface area contributed by atoms with Crippen molar-refractivity contribution >= 4 is 17.5 Å². The number of benzene rings is 1. The van der Waals surface area contributed by atoms with Crippen LogP contribution < -0.4 is 11.1 Å². The molecule has 0 aliphatic carbocycles. The lowest BCUT2D eigenvalue weighted by atomic mass is 9.95. The molecule has 1 fully saturated rings. The standard InChI is InChI=1S/C15H21N3O2/c1-11(14(16)19)18-9-7-12(8-10-18)15(20)17-13-5-3-2-4-6-13/h2-6,11-12H,7-10H2,1H3,(H2,16,19)(H,17,20)/t11-/m1/s1. The highest BCUT2D eigenvalue weighted by molar-refractivity contribution is 5.92. The van der Waals surface area contributed by atoms with Crippen LogP contribution in [0.4, 0.5) is 5.69 Å². The molecule has 2 amide bonds. The Kier molecular flexibility index (Phi) is 4.74. The molecule has 108 valence electrons. The van der Waals surface area contributed by atoms with E-state index in [2.05, 4.69) is 5.32 Å². The fourth-order valence-corrected chi connectivity index (χ4v) is 2.49. The van der Waals surface area contributed by atoms with Crippen molar-refractivity contribution in [1.29, 1.82) is 0 Å². The van der Waals surface area contributed by atoms with Crippen LogP contribution in [0.5, 0.6) is 0 Å². The lowest BCUT2D eigenvalue weighted by Crippen LogP contribution is -2.47. The van der Waals surface area contributed by atoms with Crippen molar-refractivity contribution in [2.45, 2.75) is 25.8 Å². The van der Waals surface area contributed by atoms with E-state index >= 15 is 0 Å². The van der Waals surface area contributed by atoms with E-state index in [1.165, 1.54) is 0 Å². The second-order valence-corrected chi connectivity index (χ2v) is 5.24. The molecule has 1 aromatic carbocycles. The predicted molar refractivity (Wildman–Crippen MR) is 78.0 cm³/mol. The van der Waals surface area contributed by atoms with E-state index in [9.17, 15) is 9.59 Å². The van der Waals surface area contributed by atoms with Crippen molar-refractivity contribution in [2.24, 2.45) is 11.7 Å². The molecule has 0 unspecified atom stereocenters. The Hall–Kier alpha value is -1.88. The molecule has 0 aromatic heterocycles. The Morgan fingerprint density at radius 1 is 1.25 bits per heavy atom. The SMILES string of the molecule is C[C@H](C(N)=O)N1CCC(C(=O)Nc2ccccc2)CC1. The van der Waals surface area contributed by atoms with Gasteiger partial charge >= 0.3 is 0 Å². The van der Waals surface area contributed by atoms with Gasteiger partial charge in [0.25, 0.3) is 0 Å². The molecule has 1 heterocycles. The van der Waals surface area contributed by atoms with Crippen LogP contribution in [0.3, 0.4) is 0 Å². The van der Waals surface area contributed by atoms with Gasteiger partial charge in [-0.2, -0.15) is 0 Å². The highest BCUT2D eigenvalue weighted by Gasteiger charge is 2.28. The van der Waals surface area contributed by atoms with Gasteiger partial charge in [0.2, 0.25) is 11.8 Å². The molecule has 2 rings (SSSR count). The van der Waals surface area contributed by atoms with Gasteiger partial charge in [0.1, 0.15) is 0 Å². The van der Waals surface area contributed by atoms with Crippen LogP contribution in [0.2, 0.25) is 0 Å². The van der Waals surface area contributed by atoms with Crippen LogP contribution in [0.1, 0.15) is 19.8 Å². The number of amides is 2. The number of piperidine rings is 1. The number of para-hydroxylation sites is 1. The zero-order valence-corrected chi connectivity index (χ0v) is 11.7. The molecule has 20 heavy (non-hydrogen) atoms. The Balaban J connectivity index is 1.84. The molecule has 0 radical (unpaired) electrons. The number of primary amides is 1. The van der Waals surface area contributed by atoms with E-state index in [0.717, 1.165) is 31.6 Å². The smallest absolute Gasteiger partial charge is 0.234 e. The van der Waals surface area contributed by atoms with Crippen LogP contribution >= 0.6 is 0 Å². The quantitative estimate of drug-likeness (QED) is 0.867. The average molecular weight is 275 g/mol. The minimum Gasteiger partial charge on any atom is -0.368 e. The number of nitrogens with one attached hydrogen (secondary N) is 1. The van der Waals surface area contributed by atoms with Gasteiger partial charge in [-0.1, -0.05) is 18.2 Å². The topological polar surface area (TPSA) is 75.4 Å². The second kappa shape index (κ2) is 6.52. The molecular weight excluding hydrogens is 254 g/mol. The Labute approximate surface area is 119 Å². The summed E-state index contributed by atoms with van der Waals surface area (Å²) in [6.07, 6.45) is 1.52. The summed E-state index contributed by atoms with van der Waals surface area (Å²) < 4.78 is 0. The Morgan fingerprint density at radius 3 is 2.40 bits per heavy atom. The number of anilines is 1. The van der Waals surface area contributed by atoms with Crippen LogP contribution in [0, 0.1) is 5.92 Å². The summed E-state index contributed by atoms with van der Waals surface area (Å²) in [4.78, 5) is 25.3. The molecule has 1 aliphatic rings. The summed E-state index contributed by atoms with van der Waals surface area (Å²) in [5.74, 6) is -0.244. The summed E-state index contributed by atoms with van der Waals surface area (Å²) in [5.41, 5.74) is 6.13. The molecule has 0 spiro atoms. The van der Waals surface area contributed by atoms with E-state index in [4.69, 9.17) is 5.73 Å². The van der Waals surface area contributed by atoms with E-state index in [0.29, 0.717) is 0 Å². The summed E-state index contributed by atoms with van der Waals surface area (Å²) in [6, 6.07) is 9.21. The van der Waals surface area contributed by atoms with E-state index in [1.54, 1.807) is 0 Å². The molecule has 1 saturated heterocycles. The number of hydrogen-bond donors (Lipinski definition) is 2. The molecule has 1 aliphatic heterocycles. The van der Waals surface area contributed by atoms with Crippen molar-refractivity contribution in [1.82, 2.24) is 4.90 Å². The summed E-state index contributed by atoms with van der Waals surface area (Å²) in [7, 11) is 0. The lowest BCUT2D eigenvalue weighted by molar-refractivity contribution is -0.124. The zero-order chi connectivity index (χ0) is 14.5. The maximum Gasteiger partial charge on any atom is 0.234 e. The number of hydrogen-bond acceptors (Lipinski definition) is 3. The zero-order valence-electron chi connectivity index (χ0n) is 11.7. The van der Waals surface area contributed by atoms with E-state index in [1.807, 2.05) is 42.2 Å². The number of carbonyl (C=O) groups excluding carboxylic acids is 2. The third-order valence-electron chi connectivity index (χ3n) is 3.90. The maximum atomic E-state index is 12.2. The van der Waals surface area contributed by atoms with Gasteiger partial charge < -0.3 is 11.1 Å².